The Morgan fingerprint density at radius 2 is 1.86 bits per heavy atom. The van der Waals surface area contributed by atoms with Crippen LogP contribution in [-0.4, -0.2) is 62.5 Å². The number of hydrazine groups is 1. The second-order valence-corrected chi connectivity index (χ2v) is 4.74. The number of hydrogen-bond donors (Lipinski definition) is 7. The summed E-state index contributed by atoms with van der Waals surface area (Å²) in [6, 6.07) is 6.36. The average molecular weight is 321 g/mol. The molecule has 0 unspecified atom stereocenters. The van der Waals surface area contributed by atoms with Crippen molar-refractivity contribution in [2.45, 2.75) is 24.4 Å². The zero-order chi connectivity index (χ0) is 16.0. The Morgan fingerprint density at radius 1 is 1.19 bits per heavy atom. The van der Waals surface area contributed by atoms with Crippen molar-refractivity contribution < 1.29 is 30.3 Å². The smallest absolute Gasteiger partial charge is 0.269 e. The van der Waals surface area contributed by atoms with Gasteiger partial charge in [0.2, 0.25) is 0 Å². The molecular formula is C12H17ClN2O6. The summed E-state index contributed by atoms with van der Waals surface area (Å²) in [5.41, 5.74) is 5.00. The Kier molecular flexibility index (Phi) is 6.82. The van der Waals surface area contributed by atoms with Crippen molar-refractivity contribution >= 4 is 23.2 Å². The normalized spacial score (nSPS) is 16.7. The number of aliphatic hydroxyl groups is 5. The van der Waals surface area contributed by atoms with Crippen molar-refractivity contribution in [3.63, 3.8) is 0 Å². The molecule has 1 aromatic rings. The number of carbonyl (C=O) groups excluding carboxylic acids is 1. The number of carbonyl (C=O) groups is 1. The summed E-state index contributed by atoms with van der Waals surface area (Å²) in [7, 11) is 0. The molecule has 8 nitrogen and oxygen atoms in total. The van der Waals surface area contributed by atoms with Crippen LogP contribution in [0.25, 0.3) is 0 Å². The van der Waals surface area contributed by atoms with Gasteiger partial charge in [-0.15, -0.1) is 0 Å². The largest absolute Gasteiger partial charge is 0.394 e. The highest BCUT2D eigenvalue weighted by atomic mass is 35.5. The molecule has 1 amide bonds. The van der Waals surface area contributed by atoms with Crippen LogP contribution in [0.15, 0.2) is 24.3 Å². The molecule has 0 aromatic heterocycles. The minimum absolute atomic E-state index is 0.427. The fourth-order valence-electron chi connectivity index (χ4n) is 1.45. The minimum Gasteiger partial charge on any atom is -0.394 e. The lowest BCUT2D eigenvalue weighted by atomic mass is 10.0. The lowest BCUT2D eigenvalue weighted by molar-refractivity contribution is -0.148. The highest BCUT2D eigenvalue weighted by molar-refractivity contribution is 6.30. The van der Waals surface area contributed by atoms with Gasteiger partial charge >= 0.3 is 0 Å². The lowest BCUT2D eigenvalue weighted by Crippen LogP contribution is -2.52. The maximum absolute atomic E-state index is 11.6. The van der Waals surface area contributed by atoms with E-state index in [1.807, 2.05) is 0 Å². The number of aliphatic hydroxyl groups excluding tert-OH is 5. The van der Waals surface area contributed by atoms with Crippen LogP contribution in [0.2, 0.25) is 5.02 Å². The Hall–Kier alpha value is -1.42. The van der Waals surface area contributed by atoms with Crippen LogP contribution in [-0.2, 0) is 4.79 Å². The van der Waals surface area contributed by atoms with Crippen molar-refractivity contribution in [2.75, 3.05) is 12.0 Å². The van der Waals surface area contributed by atoms with Crippen LogP contribution in [0.4, 0.5) is 5.69 Å². The van der Waals surface area contributed by atoms with E-state index in [1.165, 1.54) is 6.07 Å². The molecule has 0 fully saturated rings. The number of rotatable bonds is 7. The Bertz CT molecular complexity index is 475. The third-order valence-electron chi connectivity index (χ3n) is 2.68. The molecule has 0 bridgehead atoms. The number of nitrogens with one attached hydrogen (secondary N) is 2. The highest BCUT2D eigenvalue weighted by Crippen LogP contribution is 2.14. The molecular weight excluding hydrogens is 304 g/mol. The standard InChI is InChI=1S/C12H17ClN2O6/c13-6-2-1-3-7(4-6)14-15-12(21)11(20)10(19)9(18)8(17)5-16/h1-4,8-11,14,16-20H,5H2,(H,15,21)/t8-,9-,10-,11-/m1/s1. The van der Waals surface area contributed by atoms with Gasteiger partial charge in [-0.1, -0.05) is 17.7 Å². The van der Waals surface area contributed by atoms with Gasteiger partial charge in [0.05, 0.1) is 12.3 Å². The first-order valence-corrected chi connectivity index (χ1v) is 6.39. The molecule has 0 heterocycles. The summed E-state index contributed by atoms with van der Waals surface area (Å²) in [6.45, 7) is -0.826. The quantitative estimate of drug-likeness (QED) is 0.294. The number of halogens is 1. The maximum atomic E-state index is 11.6. The lowest BCUT2D eigenvalue weighted by Gasteiger charge is -2.25. The first-order valence-electron chi connectivity index (χ1n) is 6.01. The van der Waals surface area contributed by atoms with E-state index in [2.05, 4.69) is 10.9 Å². The first-order chi connectivity index (χ1) is 9.86. The first kappa shape index (κ1) is 17.6. The van der Waals surface area contributed by atoms with E-state index in [9.17, 15) is 20.1 Å². The van der Waals surface area contributed by atoms with Crippen LogP contribution in [0.5, 0.6) is 0 Å². The van der Waals surface area contributed by atoms with E-state index in [0.717, 1.165) is 0 Å². The summed E-state index contributed by atoms with van der Waals surface area (Å²) in [5, 5.41) is 46.6. The third kappa shape index (κ3) is 5.12. The zero-order valence-corrected chi connectivity index (χ0v) is 11.6. The van der Waals surface area contributed by atoms with Gasteiger partial charge in [0, 0.05) is 5.02 Å². The topological polar surface area (TPSA) is 142 Å². The maximum Gasteiger partial charge on any atom is 0.269 e. The Morgan fingerprint density at radius 3 is 2.43 bits per heavy atom. The fourth-order valence-corrected chi connectivity index (χ4v) is 1.64. The van der Waals surface area contributed by atoms with Crippen molar-refractivity contribution in [1.29, 1.82) is 0 Å². The molecule has 0 saturated heterocycles. The molecule has 0 aliphatic carbocycles. The third-order valence-corrected chi connectivity index (χ3v) is 2.91. The van der Waals surface area contributed by atoms with E-state index >= 15 is 0 Å². The molecule has 9 heteroatoms. The highest BCUT2D eigenvalue weighted by Gasteiger charge is 2.34. The monoisotopic (exact) mass is 320 g/mol. The summed E-state index contributed by atoms with van der Waals surface area (Å²) < 4.78 is 0. The number of benzene rings is 1. The molecule has 1 rings (SSSR count). The molecule has 0 radical (unpaired) electrons. The molecule has 0 aliphatic heterocycles. The van der Waals surface area contributed by atoms with Crippen molar-refractivity contribution in [3.05, 3.63) is 29.3 Å². The van der Waals surface area contributed by atoms with Gasteiger partial charge in [-0.25, -0.2) is 0 Å². The summed E-state index contributed by atoms with van der Waals surface area (Å²) in [6.07, 6.45) is -7.52. The molecule has 7 N–H and O–H groups in total. The van der Waals surface area contributed by atoms with Gasteiger partial charge in [-0.05, 0) is 18.2 Å². The second kappa shape index (κ2) is 8.13. The van der Waals surface area contributed by atoms with Crippen LogP contribution in [0, 0.1) is 0 Å². The Balaban J connectivity index is 2.54. The molecule has 0 spiro atoms. The van der Waals surface area contributed by atoms with E-state index in [1.54, 1.807) is 18.2 Å². The molecule has 1 aromatic carbocycles. The molecule has 118 valence electrons. The summed E-state index contributed by atoms with van der Waals surface area (Å²) in [4.78, 5) is 11.6. The molecule has 21 heavy (non-hydrogen) atoms. The van der Waals surface area contributed by atoms with Gasteiger partial charge in [-0.2, -0.15) is 0 Å². The SMILES string of the molecule is O=C(NNc1cccc(Cl)c1)[C@H](O)[C@H](O)[C@H](O)[C@H](O)CO. The summed E-state index contributed by atoms with van der Waals surface area (Å²) >= 11 is 5.74. The van der Waals surface area contributed by atoms with Gasteiger partial charge in [-0.3, -0.25) is 15.6 Å². The zero-order valence-electron chi connectivity index (χ0n) is 10.8. The predicted octanol–water partition coefficient (Wildman–Crippen LogP) is -1.78. The number of hydrogen-bond acceptors (Lipinski definition) is 7. The van der Waals surface area contributed by atoms with E-state index in [0.29, 0.717) is 10.7 Å². The Labute approximate surface area is 125 Å². The average Bonchev–Trinajstić information content (AvgIpc) is 2.49. The van der Waals surface area contributed by atoms with Crippen LogP contribution in [0.3, 0.4) is 0 Å². The predicted molar refractivity (Wildman–Crippen MR) is 74.3 cm³/mol. The van der Waals surface area contributed by atoms with Crippen LogP contribution >= 0.6 is 11.6 Å². The number of amides is 1. The van der Waals surface area contributed by atoms with E-state index < -0.39 is 36.9 Å². The van der Waals surface area contributed by atoms with E-state index in [4.69, 9.17) is 21.8 Å². The van der Waals surface area contributed by atoms with Gasteiger partial charge in [0.25, 0.3) is 5.91 Å². The van der Waals surface area contributed by atoms with Gasteiger partial charge in [0.15, 0.2) is 6.10 Å². The van der Waals surface area contributed by atoms with Crippen LogP contribution < -0.4 is 10.9 Å². The molecule has 4 atom stereocenters. The minimum atomic E-state index is -2.01. The van der Waals surface area contributed by atoms with Gasteiger partial charge in [0.1, 0.15) is 18.3 Å². The van der Waals surface area contributed by atoms with Gasteiger partial charge < -0.3 is 25.5 Å². The number of anilines is 1. The van der Waals surface area contributed by atoms with Crippen molar-refractivity contribution in [3.8, 4) is 0 Å². The van der Waals surface area contributed by atoms with E-state index in [-0.39, 0.29) is 0 Å². The van der Waals surface area contributed by atoms with Crippen molar-refractivity contribution in [1.82, 2.24) is 5.43 Å². The molecule has 0 aliphatic rings. The molecule has 0 saturated carbocycles. The fraction of sp³-hybridized carbons (Fsp3) is 0.417. The summed E-state index contributed by atoms with van der Waals surface area (Å²) in [5.74, 6) is -1.04. The van der Waals surface area contributed by atoms with Crippen molar-refractivity contribution in [2.24, 2.45) is 0 Å². The second-order valence-electron chi connectivity index (χ2n) is 4.30. The van der Waals surface area contributed by atoms with Crippen LogP contribution in [0.1, 0.15) is 0 Å².